The highest BCUT2D eigenvalue weighted by atomic mass is 32.1. The van der Waals surface area contributed by atoms with E-state index in [0.29, 0.717) is 29.7 Å². The summed E-state index contributed by atoms with van der Waals surface area (Å²) in [5.41, 5.74) is 3.36. The molecule has 6 nitrogen and oxygen atoms in total. The Kier molecular flexibility index (Phi) is 5.57. The molecular formula is C22H20N2O4S. The molecule has 148 valence electrons. The molecule has 1 aliphatic rings. The van der Waals surface area contributed by atoms with Gasteiger partial charge in [-0.2, -0.15) is 0 Å². The summed E-state index contributed by atoms with van der Waals surface area (Å²) < 4.78 is 11.1. The Morgan fingerprint density at radius 1 is 1.03 bits per heavy atom. The number of rotatable bonds is 6. The average Bonchev–Trinajstić information content (AvgIpc) is 3.20. The summed E-state index contributed by atoms with van der Waals surface area (Å²) in [5, 5.41) is 5.15. The van der Waals surface area contributed by atoms with Crippen LogP contribution in [0.3, 0.4) is 0 Å². The van der Waals surface area contributed by atoms with Gasteiger partial charge >= 0.3 is 0 Å². The first-order valence-corrected chi connectivity index (χ1v) is 10.2. The monoisotopic (exact) mass is 408 g/mol. The number of aromatic nitrogens is 1. The van der Waals surface area contributed by atoms with Gasteiger partial charge in [-0.05, 0) is 25.1 Å². The summed E-state index contributed by atoms with van der Waals surface area (Å²) in [5.74, 6) is 1.15. The SMILES string of the molecule is Cc1ccc(C(=O)CCC(=O)Nc2nc(-c3ccc4c(c3)OCCO4)cs2)cc1. The predicted molar refractivity (Wildman–Crippen MR) is 112 cm³/mol. The van der Waals surface area contributed by atoms with Gasteiger partial charge in [-0.15, -0.1) is 11.3 Å². The molecule has 1 aliphatic heterocycles. The largest absolute Gasteiger partial charge is 0.486 e. The van der Waals surface area contributed by atoms with Crippen molar-refractivity contribution in [3.63, 3.8) is 0 Å². The van der Waals surface area contributed by atoms with Gasteiger partial charge in [-0.25, -0.2) is 4.98 Å². The lowest BCUT2D eigenvalue weighted by molar-refractivity contribution is -0.116. The third-order valence-electron chi connectivity index (χ3n) is 4.54. The second-order valence-electron chi connectivity index (χ2n) is 6.73. The molecule has 0 atom stereocenters. The number of hydrogen-bond donors (Lipinski definition) is 1. The summed E-state index contributed by atoms with van der Waals surface area (Å²) in [6, 6.07) is 13.0. The zero-order chi connectivity index (χ0) is 20.2. The van der Waals surface area contributed by atoms with Gasteiger partial charge in [0.05, 0.1) is 5.69 Å². The lowest BCUT2D eigenvalue weighted by Crippen LogP contribution is -2.15. The van der Waals surface area contributed by atoms with E-state index in [1.54, 1.807) is 12.1 Å². The first kappa shape index (κ1) is 19.1. The molecule has 3 aromatic rings. The van der Waals surface area contributed by atoms with Crippen molar-refractivity contribution in [2.75, 3.05) is 18.5 Å². The van der Waals surface area contributed by atoms with E-state index in [1.807, 2.05) is 42.6 Å². The second-order valence-corrected chi connectivity index (χ2v) is 7.59. The van der Waals surface area contributed by atoms with Crippen LogP contribution in [0.2, 0.25) is 0 Å². The van der Waals surface area contributed by atoms with E-state index in [1.165, 1.54) is 11.3 Å². The first-order valence-electron chi connectivity index (χ1n) is 9.34. The first-order chi connectivity index (χ1) is 14.1. The Hall–Kier alpha value is -3.19. The molecule has 1 amide bonds. The Morgan fingerprint density at radius 3 is 2.59 bits per heavy atom. The molecule has 2 aromatic carbocycles. The Morgan fingerprint density at radius 2 is 1.79 bits per heavy atom. The molecule has 0 saturated heterocycles. The molecule has 0 spiro atoms. The molecular weight excluding hydrogens is 388 g/mol. The number of nitrogens with one attached hydrogen (secondary N) is 1. The Balaban J connectivity index is 1.34. The van der Waals surface area contributed by atoms with Gasteiger partial charge in [0, 0.05) is 29.3 Å². The highest BCUT2D eigenvalue weighted by Gasteiger charge is 2.15. The van der Waals surface area contributed by atoms with Gasteiger partial charge in [0.25, 0.3) is 0 Å². The molecule has 29 heavy (non-hydrogen) atoms. The smallest absolute Gasteiger partial charge is 0.226 e. The van der Waals surface area contributed by atoms with Crippen molar-refractivity contribution in [2.24, 2.45) is 0 Å². The number of amides is 1. The number of nitrogens with zero attached hydrogens (tertiary/aromatic N) is 1. The molecule has 0 saturated carbocycles. The van der Waals surface area contributed by atoms with Gasteiger partial charge in [-0.1, -0.05) is 29.8 Å². The van der Waals surface area contributed by atoms with Crippen LogP contribution in [0.15, 0.2) is 47.8 Å². The number of carbonyl (C=O) groups is 2. The molecule has 1 aromatic heterocycles. The maximum atomic E-state index is 12.2. The summed E-state index contributed by atoms with van der Waals surface area (Å²) in [7, 11) is 0. The molecule has 0 radical (unpaired) electrons. The van der Waals surface area contributed by atoms with Crippen LogP contribution in [-0.4, -0.2) is 29.9 Å². The van der Waals surface area contributed by atoms with Gasteiger partial charge in [-0.3, -0.25) is 9.59 Å². The van der Waals surface area contributed by atoms with E-state index in [4.69, 9.17) is 9.47 Å². The number of aryl methyl sites for hydroxylation is 1. The molecule has 0 unspecified atom stereocenters. The molecule has 1 N–H and O–H groups in total. The minimum Gasteiger partial charge on any atom is -0.486 e. The Bertz CT molecular complexity index is 1040. The fourth-order valence-corrected chi connectivity index (χ4v) is 3.69. The lowest BCUT2D eigenvalue weighted by atomic mass is 10.1. The maximum Gasteiger partial charge on any atom is 0.226 e. The van der Waals surface area contributed by atoms with E-state index >= 15 is 0 Å². The van der Waals surface area contributed by atoms with Crippen LogP contribution in [0.25, 0.3) is 11.3 Å². The van der Waals surface area contributed by atoms with E-state index in [9.17, 15) is 9.59 Å². The molecule has 0 fully saturated rings. The summed E-state index contributed by atoms with van der Waals surface area (Å²) in [6.45, 7) is 3.04. The highest BCUT2D eigenvalue weighted by Crippen LogP contribution is 2.35. The van der Waals surface area contributed by atoms with Crippen LogP contribution in [0.4, 0.5) is 5.13 Å². The summed E-state index contributed by atoms with van der Waals surface area (Å²) in [4.78, 5) is 28.9. The fraction of sp³-hybridized carbons (Fsp3) is 0.227. The van der Waals surface area contributed by atoms with Crippen LogP contribution in [0.5, 0.6) is 11.5 Å². The number of ketones is 1. The van der Waals surface area contributed by atoms with E-state index in [0.717, 1.165) is 22.6 Å². The zero-order valence-electron chi connectivity index (χ0n) is 15.9. The Labute approximate surface area is 172 Å². The van der Waals surface area contributed by atoms with Crippen molar-refractivity contribution in [1.29, 1.82) is 0 Å². The van der Waals surface area contributed by atoms with E-state index in [2.05, 4.69) is 10.3 Å². The number of ether oxygens (including phenoxy) is 2. The third-order valence-corrected chi connectivity index (χ3v) is 5.30. The number of benzene rings is 2. The molecule has 0 bridgehead atoms. The van der Waals surface area contributed by atoms with Gasteiger partial charge in [0.2, 0.25) is 5.91 Å². The minimum absolute atomic E-state index is 0.0451. The number of Topliss-reactive ketones (excluding diaryl/α,β-unsaturated/α-hetero) is 1. The van der Waals surface area contributed by atoms with Crippen molar-refractivity contribution >= 4 is 28.2 Å². The van der Waals surface area contributed by atoms with Crippen LogP contribution in [-0.2, 0) is 4.79 Å². The van der Waals surface area contributed by atoms with E-state index in [-0.39, 0.29) is 24.5 Å². The van der Waals surface area contributed by atoms with Gasteiger partial charge in [0.15, 0.2) is 22.4 Å². The standard InChI is InChI=1S/C22H20N2O4S/c1-14-2-4-15(5-3-14)18(25)7-9-21(26)24-22-23-17(13-29-22)16-6-8-19-20(12-16)28-11-10-27-19/h2-6,8,12-13H,7,9-11H2,1H3,(H,23,24,26). The quantitative estimate of drug-likeness (QED) is 0.608. The maximum absolute atomic E-state index is 12.2. The van der Waals surface area contributed by atoms with Crippen LogP contribution >= 0.6 is 11.3 Å². The fourth-order valence-electron chi connectivity index (χ4n) is 2.96. The highest BCUT2D eigenvalue weighted by molar-refractivity contribution is 7.14. The van der Waals surface area contributed by atoms with Gasteiger partial charge in [0.1, 0.15) is 13.2 Å². The summed E-state index contributed by atoms with van der Waals surface area (Å²) >= 11 is 1.34. The van der Waals surface area contributed by atoms with Crippen molar-refractivity contribution in [2.45, 2.75) is 19.8 Å². The second kappa shape index (κ2) is 8.45. The average molecular weight is 408 g/mol. The lowest BCUT2D eigenvalue weighted by Gasteiger charge is -2.18. The number of anilines is 1. The number of thiazole rings is 1. The van der Waals surface area contributed by atoms with Crippen LogP contribution in [0, 0.1) is 6.92 Å². The van der Waals surface area contributed by atoms with Crippen molar-refractivity contribution in [3.8, 4) is 22.8 Å². The van der Waals surface area contributed by atoms with Crippen molar-refractivity contribution < 1.29 is 19.1 Å². The van der Waals surface area contributed by atoms with Crippen molar-refractivity contribution in [1.82, 2.24) is 4.98 Å². The van der Waals surface area contributed by atoms with Gasteiger partial charge < -0.3 is 14.8 Å². The van der Waals surface area contributed by atoms with Crippen molar-refractivity contribution in [3.05, 3.63) is 59.0 Å². The number of fused-ring (bicyclic) bond motifs is 1. The molecule has 7 heteroatoms. The minimum atomic E-state index is -0.228. The van der Waals surface area contributed by atoms with Crippen LogP contribution in [0.1, 0.15) is 28.8 Å². The molecule has 2 heterocycles. The third kappa shape index (κ3) is 4.63. The normalized spacial score (nSPS) is 12.4. The number of hydrogen-bond acceptors (Lipinski definition) is 6. The zero-order valence-corrected chi connectivity index (χ0v) is 16.8. The summed E-state index contributed by atoms with van der Waals surface area (Å²) in [6.07, 6.45) is 0.279. The molecule has 0 aliphatic carbocycles. The predicted octanol–water partition coefficient (Wildman–Crippen LogP) is 4.49. The van der Waals surface area contributed by atoms with E-state index < -0.39 is 0 Å². The van der Waals surface area contributed by atoms with Crippen LogP contribution < -0.4 is 14.8 Å². The number of carbonyl (C=O) groups excluding carboxylic acids is 2. The molecule has 4 rings (SSSR count). The topological polar surface area (TPSA) is 77.5 Å².